The molecule has 1 unspecified atom stereocenters. The van der Waals surface area contributed by atoms with Gasteiger partial charge in [-0.05, 0) is 89.0 Å². The topological polar surface area (TPSA) is 53.9 Å². The fourth-order valence-electron chi connectivity index (χ4n) is 4.53. The number of hydrogen-bond donors (Lipinski definition) is 2. The zero-order valence-corrected chi connectivity index (χ0v) is 21.7. The Labute approximate surface area is 196 Å². The van der Waals surface area contributed by atoms with E-state index in [0.29, 0.717) is 18.4 Å². The number of hydrogen-bond acceptors (Lipinski definition) is 4. The molecule has 0 spiro atoms. The van der Waals surface area contributed by atoms with E-state index in [4.69, 9.17) is 9.73 Å². The zero-order valence-electron chi connectivity index (χ0n) is 21.7. The first kappa shape index (κ1) is 26.8. The Morgan fingerprint density at radius 3 is 2.41 bits per heavy atom. The van der Waals surface area contributed by atoms with Crippen LogP contribution in [0.1, 0.15) is 104 Å². The van der Waals surface area contributed by atoms with E-state index >= 15 is 0 Å². The van der Waals surface area contributed by atoms with Gasteiger partial charge in [0, 0.05) is 29.6 Å². The van der Waals surface area contributed by atoms with Crippen molar-refractivity contribution < 1.29 is 9.84 Å². The third-order valence-electron chi connectivity index (χ3n) is 6.03. The minimum Gasteiger partial charge on any atom is -0.377 e. The summed E-state index contributed by atoms with van der Waals surface area (Å²) >= 11 is 0. The number of ether oxygens (including phenoxy) is 1. The Morgan fingerprint density at radius 1 is 1.16 bits per heavy atom. The molecule has 2 N–H and O–H groups in total. The molecule has 1 aliphatic rings. The lowest BCUT2D eigenvalue weighted by Crippen LogP contribution is -2.50. The van der Waals surface area contributed by atoms with Gasteiger partial charge in [-0.3, -0.25) is 10.3 Å². The minimum atomic E-state index is -1.18. The molecule has 0 saturated heterocycles. The van der Waals surface area contributed by atoms with Crippen LogP contribution in [0.5, 0.6) is 0 Å². The summed E-state index contributed by atoms with van der Waals surface area (Å²) in [6.07, 6.45) is 8.46. The maximum absolute atomic E-state index is 11.5. The molecule has 0 amide bonds. The van der Waals surface area contributed by atoms with E-state index in [0.717, 1.165) is 28.9 Å². The van der Waals surface area contributed by atoms with Gasteiger partial charge < -0.3 is 9.84 Å². The van der Waals surface area contributed by atoms with Crippen LogP contribution in [-0.2, 0) is 17.1 Å². The number of nitrogens with zero attached hydrogens (tertiary/aromatic N) is 1. The van der Waals surface area contributed by atoms with Crippen molar-refractivity contribution in [3.05, 3.63) is 41.1 Å². The summed E-state index contributed by atoms with van der Waals surface area (Å²) in [5.41, 5.74) is 3.80. The fraction of sp³-hybridized carbons (Fsp3) is 0.679. The molecule has 4 nitrogen and oxygen atoms in total. The second-order valence-corrected chi connectivity index (χ2v) is 11.2. The predicted molar refractivity (Wildman–Crippen MR) is 137 cm³/mol. The average Bonchev–Trinajstić information content (AvgIpc) is 2.70. The fourth-order valence-corrected chi connectivity index (χ4v) is 4.53. The molecule has 0 aliphatic heterocycles. The Morgan fingerprint density at radius 2 is 1.81 bits per heavy atom. The predicted octanol–water partition coefficient (Wildman–Crippen LogP) is 6.81. The molecule has 180 valence electrons. The first-order chi connectivity index (χ1) is 14.9. The molecule has 1 fully saturated rings. The molecule has 1 aliphatic carbocycles. The summed E-state index contributed by atoms with van der Waals surface area (Å²) < 4.78 is 5.86. The summed E-state index contributed by atoms with van der Waals surface area (Å²) in [5.74, 6) is 1.10. The number of rotatable bonds is 9. The Kier molecular flexibility index (Phi) is 9.68. The molecule has 0 radical (unpaired) electrons. The van der Waals surface area contributed by atoms with Crippen molar-refractivity contribution >= 4 is 11.3 Å². The summed E-state index contributed by atoms with van der Waals surface area (Å²) in [6.45, 7) is 17.8. The van der Waals surface area contributed by atoms with Gasteiger partial charge in [0.2, 0.25) is 0 Å². The van der Waals surface area contributed by atoms with E-state index in [-0.39, 0.29) is 5.54 Å². The van der Waals surface area contributed by atoms with Crippen molar-refractivity contribution in [1.82, 2.24) is 5.32 Å². The maximum Gasteiger partial charge on any atom is 0.140 e. The van der Waals surface area contributed by atoms with Crippen LogP contribution in [0.2, 0.25) is 0 Å². The van der Waals surface area contributed by atoms with Gasteiger partial charge in [0.15, 0.2) is 0 Å². The number of allylic oxidation sites excluding steroid dienone is 1. The van der Waals surface area contributed by atoms with Crippen LogP contribution >= 0.6 is 0 Å². The minimum absolute atomic E-state index is 0.238. The third-order valence-corrected chi connectivity index (χ3v) is 6.03. The van der Waals surface area contributed by atoms with Gasteiger partial charge in [0.1, 0.15) is 5.72 Å². The number of nitrogens with one attached hydrogen (secondary N) is 1. The van der Waals surface area contributed by atoms with Gasteiger partial charge in [0.05, 0.1) is 6.61 Å². The monoisotopic (exact) mass is 442 g/mol. The normalized spacial score (nSPS) is 18.8. The lowest BCUT2D eigenvalue weighted by atomic mass is 9.86. The van der Waals surface area contributed by atoms with Crippen molar-refractivity contribution in [3.63, 3.8) is 0 Å². The Hall–Kier alpha value is -1.49. The molecule has 0 bridgehead atoms. The molecule has 1 aromatic rings. The van der Waals surface area contributed by atoms with Crippen LogP contribution in [0.15, 0.2) is 29.4 Å². The molecule has 1 saturated carbocycles. The van der Waals surface area contributed by atoms with Crippen molar-refractivity contribution in [2.45, 2.75) is 105 Å². The summed E-state index contributed by atoms with van der Waals surface area (Å²) in [7, 11) is 0. The largest absolute Gasteiger partial charge is 0.377 e. The SMILES string of the molecule is CC(=N/C=C(\C)c1ccc(COCC(C)C)cc1C(C)(O)NC(C)(C)C)C1CCCCC1. The van der Waals surface area contributed by atoms with Crippen molar-refractivity contribution in [3.8, 4) is 0 Å². The number of aliphatic hydroxyl groups is 1. The lowest BCUT2D eigenvalue weighted by molar-refractivity contribution is -0.00462. The van der Waals surface area contributed by atoms with E-state index < -0.39 is 5.72 Å². The first-order valence-corrected chi connectivity index (χ1v) is 12.3. The highest BCUT2D eigenvalue weighted by Crippen LogP contribution is 2.31. The summed E-state index contributed by atoms with van der Waals surface area (Å²) in [4.78, 5) is 4.84. The van der Waals surface area contributed by atoms with Gasteiger partial charge in [-0.1, -0.05) is 45.2 Å². The number of aliphatic imine (C=N–C) groups is 1. The summed E-state index contributed by atoms with van der Waals surface area (Å²) in [6, 6.07) is 6.27. The van der Waals surface area contributed by atoms with Crippen molar-refractivity contribution in [2.24, 2.45) is 16.8 Å². The molecule has 2 rings (SSSR count). The van der Waals surface area contributed by atoms with E-state index in [2.05, 4.69) is 72.0 Å². The molecule has 1 aromatic carbocycles. The van der Waals surface area contributed by atoms with Crippen molar-refractivity contribution in [2.75, 3.05) is 6.61 Å². The van der Waals surface area contributed by atoms with Crippen LogP contribution in [0.4, 0.5) is 0 Å². The van der Waals surface area contributed by atoms with Gasteiger partial charge >= 0.3 is 0 Å². The standard InChI is InChI=1S/C28H46N2O2/c1-20(2)18-32-19-23-14-15-25(26(16-23)28(8,31)30-27(5,6)7)21(3)17-29-22(4)24-12-10-9-11-13-24/h14-17,20,24,30-31H,9-13,18-19H2,1-8H3/b21-17+,29-22?. The zero-order chi connectivity index (χ0) is 23.9. The number of benzene rings is 1. The molecule has 32 heavy (non-hydrogen) atoms. The van der Waals surface area contributed by atoms with Gasteiger partial charge in [-0.15, -0.1) is 0 Å². The molecule has 0 aromatic heterocycles. The molecular formula is C28H46N2O2. The lowest BCUT2D eigenvalue weighted by Gasteiger charge is -2.35. The summed E-state index contributed by atoms with van der Waals surface area (Å²) in [5, 5.41) is 14.8. The van der Waals surface area contributed by atoms with E-state index in [1.165, 1.54) is 37.8 Å². The smallest absolute Gasteiger partial charge is 0.140 e. The van der Waals surface area contributed by atoms with Crippen LogP contribution in [-0.4, -0.2) is 23.0 Å². The van der Waals surface area contributed by atoms with E-state index in [9.17, 15) is 5.11 Å². The average molecular weight is 443 g/mol. The van der Waals surface area contributed by atoms with Gasteiger partial charge in [0.25, 0.3) is 0 Å². The molecule has 1 atom stereocenters. The third kappa shape index (κ3) is 8.46. The highest BCUT2D eigenvalue weighted by atomic mass is 16.5. The van der Waals surface area contributed by atoms with Crippen LogP contribution < -0.4 is 5.32 Å². The van der Waals surface area contributed by atoms with Crippen LogP contribution in [0.3, 0.4) is 0 Å². The van der Waals surface area contributed by atoms with Crippen molar-refractivity contribution in [1.29, 1.82) is 0 Å². The second-order valence-electron chi connectivity index (χ2n) is 11.2. The highest BCUT2D eigenvalue weighted by Gasteiger charge is 2.31. The van der Waals surface area contributed by atoms with Crippen LogP contribution in [0, 0.1) is 11.8 Å². The second kappa shape index (κ2) is 11.6. The molecule has 4 heteroatoms. The quantitative estimate of drug-likeness (QED) is 0.326. The van der Waals surface area contributed by atoms with Crippen LogP contribution in [0.25, 0.3) is 5.57 Å². The Bertz CT molecular complexity index is 794. The highest BCUT2D eigenvalue weighted by molar-refractivity contribution is 5.85. The van der Waals surface area contributed by atoms with Gasteiger partial charge in [-0.25, -0.2) is 0 Å². The molecule has 0 heterocycles. The maximum atomic E-state index is 11.5. The first-order valence-electron chi connectivity index (χ1n) is 12.3. The van der Waals surface area contributed by atoms with Gasteiger partial charge in [-0.2, -0.15) is 0 Å². The molecular weight excluding hydrogens is 396 g/mol. The van der Waals surface area contributed by atoms with E-state index in [1.807, 2.05) is 13.1 Å². The van der Waals surface area contributed by atoms with E-state index in [1.54, 1.807) is 0 Å². The Balaban J connectivity index is 2.36.